The van der Waals surface area contributed by atoms with Crippen molar-refractivity contribution in [2.45, 2.75) is 13.1 Å². The van der Waals surface area contributed by atoms with E-state index in [1.54, 1.807) is 13.0 Å². The summed E-state index contributed by atoms with van der Waals surface area (Å²) in [5.41, 5.74) is 1.30. The summed E-state index contributed by atoms with van der Waals surface area (Å²) < 4.78 is 51.1. The van der Waals surface area contributed by atoms with Gasteiger partial charge in [0.2, 0.25) is 0 Å². The topological polar surface area (TPSA) is 28.7 Å². The van der Waals surface area contributed by atoms with Gasteiger partial charge in [0, 0.05) is 5.56 Å². The van der Waals surface area contributed by atoms with Crippen molar-refractivity contribution < 1.29 is 17.6 Å². The normalized spacial score (nSPS) is 12.0. The summed E-state index contributed by atoms with van der Waals surface area (Å²) in [6, 6.07) is 7.51. The van der Waals surface area contributed by atoms with Crippen LogP contribution in [0.5, 0.6) is 0 Å². The zero-order valence-corrected chi connectivity index (χ0v) is 10.9. The van der Waals surface area contributed by atoms with E-state index in [0.29, 0.717) is 28.0 Å². The number of nitrogens with one attached hydrogen (secondary N) is 1. The fourth-order valence-electron chi connectivity index (χ4n) is 2.21. The summed E-state index contributed by atoms with van der Waals surface area (Å²) in [4.78, 5) is 7.10. The number of benzene rings is 2. The summed E-state index contributed by atoms with van der Waals surface area (Å²) >= 11 is 0. The minimum Gasteiger partial charge on any atom is -0.338 e. The lowest BCUT2D eigenvalue weighted by Gasteiger charge is -2.05. The van der Waals surface area contributed by atoms with E-state index in [-0.39, 0.29) is 5.82 Å². The van der Waals surface area contributed by atoms with Crippen molar-refractivity contribution in [3.8, 4) is 11.4 Å². The molecule has 6 heteroatoms. The van der Waals surface area contributed by atoms with Crippen molar-refractivity contribution in [1.29, 1.82) is 0 Å². The Balaban J connectivity index is 2.13. The van der Waals surface area contributed by atoms with Gasteiger partial charge in [0.1, 0.15) is 11.6 Å². The largest absolute Gasteiger partial charge is 0.416 e. The highest BCUT2D eigenvalue weighted by atomic mass is 19.4. The third kappa shape index (κ3) is 2.49. The maximum absolute atomic E-state index is 13.1. The smallest absolute Gasteiger partial charge is 0.338 e. The van der Waals surface area contributed by atoms with E-state index < -0.39 is 11.7 Å². The molecule has 0 radical (unpaired) electrons. The van der Waals surface area contributed by atoms with E-state index in [9.17, 15) is 17.6 Å². The van der Waals surface area contributed by atoms with Gasteiger partial charge in [-0.05, 0) is 48.9 Å². The first-order chi connectivity index (χ1) is 9.84. The van der Waals surface area contributed by atoms with Gasteiger partial charge in [-0.2, -0.15) is 13.2 Å². The third-order valence-electron chi connectivity index (χ3n) is 3.25. The average Bonchev–Trinajstić information content (AvgIpc) is 2.79. The average molecular weight is 294 g/mol. The number of hydrogen-bond donors (Lipinski definition) is 1. The molecule has 3 aromatic rings. The molecular formula is C15H10F4N2. The molecule has 2 nitrogen and oxygen atoms in total. The van der Waals surface area contributed by atoms with Gasteiger partial charge in [-0.15, -0.1) is 0 Å². The zero-order chi connectivity index (χ0) is 15.2. The van der Waals surface area contributed by atoms with Crippen molar-refractivity contribution in [2.75, 3.05) is 0 Å². The second kappa shape index (κ2) is 4.58. The third-order valence-corrected chi connectivity index (χ3v) is 3.25. The molecule has 0 unspecified atom stereocenters. The number of hydrogen-bond acceptors (Lipinski definition) is 1. The highest BCUT2D eigenvalue weighted by molar-refractivity contribution is 5.80. The van der Waals surface area contributed by atoms with Crippen LogP contribution in [0.15, 0.2) is 36.4 Å². The number of alkyl halides is 3. The van der Waals surface area contributed by atoms with Crippen LogP contribution >= 0.6 is 0 Å². The Hall–Kier alpha value is -2.37. The molecule has 1 heterocycles. The summed E-state index contributed by atoms with van der Waals surface area (Å²) in [7, 11) is 0. The van der Waals surface area contributed by atoms with Crippen LogP contribution in [0.1, 0.15) is 11.1 Å². The molecule has 3 rings (SSSR count). The summed E-state index contributed by atoms with van der Waals surface area (Å²) in [5.74, 6) is 0.0496. The van der Waals surface area contributed by atoms with Crippen molar-refractivity contribution >= 4 is 11.0 Å². The van der Waals surface area contributed by atoms with Gasteiger partial charge in [0.25, 0.3) is 0 Å². The van der Waals surface area contributed by atoms with E-state index in [2.05, 4.69) is 9.97 Å². The number of rotatable bonds is 1. The van der Waals surface area contributed by atoms with Crippen molar-refractivity contribution in [2.24, 2.45) is 0 Å². The van der Waals surface area contributed by atoms with E-state index in [4.69, 9.17) is 0 Å². The van der Waals surface area contributed by atoms with Gasteiger partial charge < -0.3 is 4.98 Å². The Kier molecular flexibility index (Phi) is 2.97. The van der Waals surface area contributed by atoms with E-state index in [0.717, 1.165) is 12.1 Å². The number of imidazole rings is 1. The highest BCUT2D eigenvalue weighted by Gasteiger charge is 2.30. The number of nitrogens with zero attached hydrogens (tertiary/aromatic N) is 1. The fraction of sp³-hybridized carbons (Fsp3) is 0.133. The van der Waals surface area contributed by atoms with Crippen LogP contribution in [0.3, 0.4) is 0 Å². The minimum absolute atomic E-state index is 0.295. The van der Waals surface area contributed by atoms with Crippen molar-refractivity contribution in [1.82, 2.24) is 9.97 Å². The predicted octanol–water partition coefficient (Wildman–Crippen LogP) is 4.70. The van der Waals surface area contributed by atoms with E-state index >= 15 is 0 Å². The summed E-state index contributed by atoms with van der Waals surface area (Å²) in [5, 5.41) is 0. The van der Waals surface area contributed by atoms with Crippen LogP contribution in [0.2, 0.25) is 0 Å². The Morgan fingerprint density at radius 3 is 2.48 bits per heavy atom. The molecule has 1 aromatic heterocycles. The lowest BCUT2D eigenvalue weighted by atomic mass is 10.1. The van der Waals surface area contributed by atoms with Crippen LogP contribution in [0.4, 0.5) is 17.6 Å². The number of H-pyrrole nitrogens is 1. The standard InChI is InChI=1S/C15H10F4N2/c1-8-6-10(16)3-4-11(8)14-20-12-5-2-9(15(17,18)19)7-13(12)21-14/h2-7H,1H3,(H,20,21). The Bertz CT molecular complexity index is 818. The van der Waals surface area contributed by atoms with Gasteiger partial charge in [-0.3, -0.25) is 0 Å². The second-order valence-electron chi connectivity index (χ2n) is 4.77. The zero-order valence-electron chi connectivity index (χ0n) is 10.9. The number of halogens is 4. The molecule has 0 aliphatic rings. The van der Waals surface area contributed by atoms with Crippen molar-refractivity contribution in [3.05, 3.63) is 53.3 Å². The minimum atomic E-state index is -4.40. The van der Waals surface area contributed by atoms with Crippen LogP contribution in [0.25, 0.3) is 22.4 Å². The van der Waals surface area contributed by atoms with Gasteiger partial charge >= 0.3 is 6.18 Å². The number of aromatic amines is 1. The quantitative estimate of drug-likeness (QED) is 0.648. The molecule has 0 aliphatic carbocycles. The molecule has 0 fully saturated rings. The second-order valence-corrected chi connectivity index (χ2v) is 4.77. The Labute approximate surface area is 117 Å². The highest BCUT2D eigenvalue weighted by Crippen LogP contribution is 2.32. The molecule has 0 saturated heterocycles. The fourth-order valence-corrected chi connectivity index (χ4v) is 2.21. The molecule has 0 atom stereocenters. The first kappa shape index (κ1) is 13.6. The van der Waals surface area contributed by atoms with E-state index in [1.807, 2.05) is 0 Å². The molecule has 2 aromatic carbocycles. The summed E-state index contributed by atoms with van der Waals surface area (Å²) in [6.45, 7) is 1.72. The maximum Gasteiger partial charge on any atom is 0.416 e. The number of aromatic nitrogens is 2. The molecular weight excluding hydrogens is 284 g/mol. The van der Waals surface area contributed by atoms with Crippen LogP contribution in [0, 0.1) is 12.7 Å². The predicted molar refractivity (Wildman–Crippen MR) is 71.2 cm³/mol. The Morgan fingerprint density at radius 1 is 1.05 bits per heavy atom. The molecule has 0 aliphatic heterocycles. The molecule has 21 heavy (non-hydrogen) atoms. The Morgan fingerprint density at radius 2 is 1.81 bits per heavy atom. The van der Waals surface area contributed by atoms with Gasteiger partial charge in [-0.1, -0.05) is 0 Å². The maximum atomic E-state index is 13.1. The van der Waals surface area contributed by atoms with Gasteiger partial charge in [0.15, 0.2) is 0 Å². The monoisotopic (exact) mass is 294 g/mol. The lowest BCUT2D eigenvalue weighted by molar-refractivity contribution is -0.137. The molecule has 0 bridgehead atoms. The van der Waals surface area contributed by atoms with Crippen molar-refractivity contribution in [3.63, 3.8) is 0 Å². The van der Waals surface area contributed by atoms with E-state index in [1.165, 1.54) is 18.2 Å². The van der Waals surface area contributed by atoms with Crippen LogP contribution < -0.4 is 0 Å². The molecule has 0 spiro atoms. The lowest BCUT2D eigenvalue weighted by Crippen LogP contribution is -2.04. The number of aryl methyl sites for hydroxylation is 1. The molecule has 0 amide bonds. The molecule has 0 saturated carbocycles. The van der Waals surface area contributed by atoms with Crippen LogP contribution in [-0.2, 0) is 6.18 Å². The first-order valence-corrected chi connectivity index (χ1v) is 6.18. The SMILES string of the molecule is Cc1cc(F)ccc1-c1nc2ccc(C(F)(F)F)cc2[nH]1. The number of fused-ring (bicyclic) bond motifs is 1. The first-order valence-electron chi connectivity index (χ1n) is 6.18. The summed E-state index contributed by atoms with van der Waals surface area (Å²) in [6.07, 6.45) is -4.40. The molecule has 108 valence electrons. The van der Waals surface area contributed by atoms with Crippen LogP contribution in [-0.4, -0.2) is 9.97 Å². The molecule has 1 N–H and O–H groups in total. The van der Waals surface area contributed by atoms with Gasteiger partial charge in [0.05, 0.1) is 16.6 Å². The van der Waals surface area contributed by atoms with Gasteiger partial charge in [-0.25, -0.2) is 9.37 Å².